The number of hydrazone groups is 1. The van der Waals surface area contributed by atoms with Gasteiger partial charge in [0.1, 0.15) is 18.1 Å². The molecule has 43 heavy (non-hydrogen) atoms. The van der Waals surface area contributed by atoms with Crippen molar-refractivity contribution in [3.05, 3.63) is 119 Å². The molecule has 1 atom stereocenters. The van der Waals surface area contributed by atoms with Gasteiger partial charge in [-0.05, 0) is 73.4 Å². The SMILES string of the molecule is C=CCc1cc(C=NNC(=O)COc2ccccc2[C@@H]2NC(=S)NC(C)=C2C(=O)OCC)ccc1OCc1ccccc1. The van der Waals surface area contributed by atoms with E-state index < -0.39 is 17.9 Å². The number of thiocarbonyl (C=S) groups is 1. The van der Waals surface area contributed by atoms with E-state index in [9.17, 15) is 9.59 Å². The number of carbonyl (C=O) groups is 2. The van der Waals surface area contributed by atoms with E-state index in [1.165, 1.54) is 0 Å². The van der Waals surface area contributed by atoms with Crippen LogP contribution in [0.25, 0.3) is 0 Å². The molecule has 1 heterocycles. The van der Waals surface area contributed by atoms with Gasteiger partial charge in [0, 0.05) is 11.3 Å². The molecule has 3 aromatic carbocycles. The van der Waals surface area contributed by atoms with E-state index in [1.807, 2.05) is 60.7 Å². The first kappa shape index (κ1) is 31.0. The number of esters is 1. The maximum Gasteiger partial charge on any atom is 0.338 e. The van der Waals surface area contributed by atoms with Gasteiger partial charge in [-0.25, -0.2) is 10.2 Å². The summed E-state index contributed by atoms with van der Waals surface area (Å²) in [5.41, 5.74) is 6.92. The van der Waals surface area contributed by atoms with Crippen LogP contribution < -0.4 is 25.5 Å². The lowest BCUT2D eigenvalue weighted by atomic mass is 9.95. The van der Waals surface area contributed by atoms with Crippen LogP contribution in [0.5, 0.6) is 11.5 Å². The Hall–Kier alpha value is -4.96. The third-order valence-corrected chi connectivity index (χ3v) is 6.66. The van der Waals surface area contributed by atoms with Crippen molar-refractivity contribution in [2.75, 3.05) is 13.2 Å². The zero-order chi connectivity index (χ0) is 30.6. The molecule has 4 rings (SSSR count). The standard InChI is InChI=1S/C33H34N4O5S/c1-4-11-25-18-24(16-17-27(25)41-20-23-12-7-6-8-13-23)19-34-37-29(38)21-42-28-15-10-9-14-26(28)31-30(32(39)40-5-2)22(3)35-33(43)36-31/h4,6-10,12-19,31H,1,5,11,20-21H2,2-3H3,(H,37,38)(H2,35,36,43)/t31-/m0/s1. The van der Waals surface area contributed by atoms with Crippen LogP contribution in [0.1, 0.15) is 42.1 Å². The Labute approximate surface area is 256 Å². The number of nitrogens with one attached hydrogen (secondary N) is 3. The van der Waals surface area contributed by atoms with Gasteiger partial charge >= 0.3 is 5.97 Å². The number of rotatable bonds is 13. The van der Waals surface area contributed by atoms with Gasteiger partial charge in [-0.1, -0.05) is 54.6 Å². The van der Waals surface area contributed by atoms with Crippen molar-refractivity contribution < 1.29 is 23.8 Å². The molecule has 1 amide bonds. The lowest BCUT2D eigenvalue weighted by Gasteiger charge is -2.30. The van der Waals surface area contributed by atoms with Gasteiger partial charge in [0.25, 0.3) is 5.91 Å². The number of benzene rings is 3. The molecular formula is C33H34N4O5S. The minimum Gasteiger partial charge on any atom is -0.489 e. The number of para-hydroxylation sites is 1. The Balaban J connectivity index is 1.38. The molecule has 0 aliphatic carbocycles. The summed E-state index contributed by atoms with van der Waals surface area (Å²) in [5, 5.41) is 10.5. The number of ether oxygens (including phenoxy) is 3. The monoisotopic (exact) mass is 598 g/mol. The summed E-state index contributed by atoms with van der Waals surface area (Å²) in [7, 11) is 0. The van der Waals surface area contributed by atoms with Gasteiger partial charge in [0.2, 0.25) is 0 Å². The smallest absolute Gasteiger partial charge is 0.338 e. The highest BCUT2D eigenvalue weighted by molar-refractivity contribution is 7.80. The minimum absolute atomic E-state index is 0.230. The summed E-state index contributed by atoms with van der Waals surface area (Å²) in [5.74, 6) is 0.253. The number of allylic oxidation sites excluding steroid dienone is 2. The number of amides is 1. The lowest BCUT2D eigenvalue weighted by Crippen LogP contribution is -2.45. The fourth-order valence-corrected chi connectivity index (χ4v) is 4.75. The predicted octanol–water partition coefficient (Wildman–Crippen LogP) is 4.88. The van der Waals surface area contributed by atoms with Crippen LogP contribution in [0.2, 0.25) is 0 Å². The Morgan fingerprint density at radius 3 is 2.58 bits per heavy atom. The highest BCUT2D eigenvalue weighted by atomic mass is 32.1. The average molecular weight is 599 g/mol. The second kappa shape index (κ2) is 15.3. The number of hydrogen-bond acceptors (Lipinski definition) is 7. The number of carbonyl (C=O) groups excluding carboxylic acids is 2. The van der Waals surface area contributed by atoms with Gasteiger partial charge < -0.3 is 24.8 Å². The summed E-state index contributed by atoms with van der Waals surface area (Å²) in [4.78, 5) is 25.3. The molecule has 0 spiro atoms. The fraction of sp³-hybridized carbons (Fsp3) is 0.212. The van der Waals surface area contributed by atoms with Gasteiger partial charge in [-0.2, -0.15) is 5.10 Å². The Morgan fingerprint density at radius 1 is 1.05 bits per heavy atom. The Morgan fingerprint density at radius 2 is 1.81 bits per heavy atom. The molecule has 0 aromatic heterocycles. The third kappa shape index (κ3) is 8.52. The van der Waals surface area contributed by atoms with E-state index in [-0.39, 0.29) is 13.2 Å². The molecule has 1 aliphatic heterocycles. The predicted molar refractivity (Wildman–Crippen MR) is 170 cm³/mol. The summed E-state index contributed by atoms with van der Waals surface area (Å²) >= 11 is 5.32. The highest BCUT2D eigenvalue weighted by Crippen LogP contribution is 2.33. The van der Waals surface area contributed by atoms with Crippen molar-refractivity contribution in [3.8, 4) is 11.5 Å². The number of nitrogens with zero attached hydrogens (tertiary/aromatic N) is 1. The molecule has 0 bridgehead atoms. The van der Waals surface area contributed by atoms with E-state index >= 15 is 0 Å². The van der Waals surface area contributed by atoms with Crippen LogP contribution in [0.3, 0.4) is 0 Å². The first-order valence-electron chi connectivity index (χ1n) is 13.8. The van der Waals surface area contributed by atoms with E-state index in [1.54, 1.807) is 38.3 Å². The highest BCUT2D eigenvalue weighted by Gasteiger charge is 2.32. The van der Waals surface area contributed by atoms with Crippen molar-refractivity contribution in [1.29, 1.82) is 0 Å². The van der Waals surface area contributed by atoms with Crippen LogP contribution in [-0.2, 0) is 27.4 Å². The molecule has 0 fully saturated rings. The van der Waals surface area contributed by atoms with Crippen molar-refractivity contribution in [2.45, 2.75) is 32.9 Å². The van der Waals surface area contributed by atoms with Crippen LogP contribution in [0, 0.1) is 0 Å². The van der Waals surface area contributed by atoms with E-state index in [2.05, 4.69) is 27.7 Å². The quantitative estimate of drug-likeness (QED) is 0.0840. The summed E-state index contributed by atoms with van der Waals surface area (Å²) in [6, 6.07) is 22.1. The molecular weight excluding hydrogens is 564 g/mol. The number of hydrogen-bond donors (Lipinski definition) is 3. The van der Waals surface area contributed by atoms with Gasteiger partial charge in [0.15, 0.2) is 11.7 Å². The summed E-state index contributed by atoms with van der Waals surface area (Å²) < 4.78 is 17.1. The molecule has 0 saturated carbocycles. The van der Waals surface area contributed by atoms with Crippen LogP contribution in [0.4, 0.5) is 0 Å². The second-order valence-corrected chi connectivity index (χ2v) is 9.95. The topological polar surface area (TPSA) is 110 Å². The molecule has 0 saturated heterocycles. The summed E-state index contributed by atoms with van der Waals surface area (Å²) in [6.45, 7) is 7.73. The van der Waals surface area contributed by atoms with Crippen molar-refractivity contribution in [2.24, 2.45) is 5.10 Å². The molecule has 10 heteroatoms. The molecule has 3 aromatic rings. The third-order valence-electron chi connectivity index (χ3n) is 6.44. The summed E-state index contributed by atoms with van der Waals surface area (Å²) in [6.07, 6.45) is 3.98. The Kier molecular flexibility index (Phi) is 11.0. The molecule has 9 nitrogen and oxygen atoms in total. The van der Waals surface area contributed by atoms with Crippen LogP contribution >= 0.6 is 12.2 Å². The first-order valence-corrected chi connectivity index (χ1v) is 14.2. The maximum atomic E-state index is 12.7. The van der Waals surface area contributed by atoms with Crippen molar-refractivity contribution in [3.63, 3.8) is 0 Å². The average Bonchev–Trinajstić information content (AvgIpc) is 3.00. The van der Waals surface area contributed by atoms with Crippen molar-refractivity contribution >= 4 is 35.4 Å². The normalized spacial score (nSPS) is 14.5. The van der Waals surface area contributed by atoms with E-state index in [4.69, 9.17) is 26.4 Å². The van der Waals surface area contributed by atoms with Crippen molar-refractivity contribution in [1.82, 2.24) is 16.1 Å². The molecule has 1 aliphatic rings. The largest absolute Gasteiger partial charge is 0.489 e. The van der Waals surface area contributed by atoms with Gasteiger partial charge in [-0.15, -0.1) is 6.58 Å². The fourth-order valence-electron chi connectivity index (χ4n) is 4.48. The maximum absolute atomic E-state index is 12.7. The van der Waals surface area contributed by atoms with E-state index in [0.717, 1.165) is 22.4 Å². The molecule has 0 unspecified atom stereocenters. The van der Waals surface area contributed by atoms with Crippen LogP contribution in [-0.4, -0.2) is 36.4 Å². The van der Waals surface area contributed by atoms with Gasteiger partial charge in [0.05, 0.1) is 24.4 Å². The van der Waals surface area contributed by atoms with Crippen LogP contribution in [0.15, 0.2) is 102 Å². The molecule has 3 N–H and O–H groups in total. The molecule has 0 radical (unpaired) electrons. The zero-order valence-electron chi connectivity index (χ0n) is 24.1. The molecule has 222 valence electrons. The van der Waals surface area contributed by atoms with Gasteiger partial charge in [-0.3, -0.25) is 4.79 Å². The Bertz CT molecular complexity index is 1540. The second-order valence-electron chi connectivity index (χ2n) is 9.54. The van der Waals surface area contributed by atoms with E-state index in [0.29, 0.717) is 40.7 Å². The zero-order valence-corrected chi connectivity index (χ0v) is 24.9. The minimum atomic E-state index is -0.616. The first-order chi connectivity index (χ1) is 20.9. The lowest BCUT2D eigenvalue weighted by molar-refractivity contribution is -0.139.